The number of hydrogen-bond donors (Lipinski definition) is 3. The third-order valence-corrected chi connectivity index (χ3v) is 6.75. The lowest BCUT2D eigenvalue weighted by atomic mass is 9.82. The molecular formula is C20H26N2O4S. The SMILES string of the molecule is Cc1sc(NC(=O)[C@@H]2CC=CC[C@H]2C(=O)O)c(C(=O)NC2CCCC2)c1C. The summed E-state index contributed by atoms with van der Waals surface area (Å²) in [6.07, 6.45) is 8.64. The predicted octanol–water partition coefficient (Wildman–Crippen LogP) is 3.64. The molecule has 1 aromatic rings. The summed E-state index contributed by atoms with van der Waals surface area (Å²) in [5.74, 6) is -2.80. The van der Waals surface area contributed by atoms with Crippen molar-refractivity contribution in [2.24, 2.45) is 11.8 Å². The summed E-state index contributed by atoms with van der Waals surface area (Å²) in [4.78, 5) is 38.1. The molecule has 0 saturated heterocycles. The first-order chi connectivity index (χ1) is 12.9. The lowest BCUT2D eigenvalue weighted by molar-refractivity contribution is -0.146. The molecule has 0 aliphatic heterocycles. The minimum absolute atomic E-state index is 0.155. The average Bonchev–Trinajstić information content (AvgIpc) is 3.23. The van der Waals surface area contributed by atoms with Crippen LogP contribution in [0.2, 0.25) is 0 Å². The maximum atomic E-state index is 12.8. The highest BCUT2D eigenvalue weighted by Crippen LogP contribution is 2.35. The highest BCUT2D eigenvalue weighted by atomic mass is 32.1. The molecule has 146 valence electrons. The molecule has 6 nitrogen and oxygen atoms in total. The number of anilines is 1. The van der Waals surface area contributed by atoms with Gasteiger partial charge in [-0.2, -0.15) is 0 Å². The largest absolute Gasteiger partial charge is 0.481 e. The van der Waals surface area contributed by atoms with E-state index in [9.17, 15) is 19.5 Å². The number of allylic oxidation sites excluding steroid dienone is 2. The van der Waals surface area contributed by atoms with E-state index < -0.39 is 17.8 Å². The van der Waals surface area contributed by atoms with Crippen molar-refractivity contribution in [3.05, 3.63) is 28.2 Å². The molecule has 0 radical (unpaired) electrons. The van der Waals surface area contributed by atoms with Gasteiger partial charge in [0, 0.05) is 10.9 Å². The number of amides is 2. The van der Waals surface area contributed by atoms with Gasteiger partial charge < -0.3 is 15.7 Å². The van der Waals surface area contributed by atoms with E-state index in [1.807, 2.05) is 26.0 Å². The molecule has 1 saturated carbocycles. The monoisotopic (exact) mass is 390 g/mol. The second-order valence-electron chi connectivity index (χ2n) is 7.43. The molecule has 3 N–H and O–H groups in total. The third kappa shape index (κ3) is 4.24. The van der Waals surface area contributed by atoms with Gasteiger partial charge in [-0.05, 0) is 45.1 Å². The summed E-state index contributed by atoms with van der Waals surface area (Å²) in [6, 6.07) is 0.195. The first-order valence-corrected chi connectivity index (χ1v) is 10.3. The Kier molecular flexibility index (Phi) is 5.99. The maximum Gasteiger partial charge on any atom is 0.307 e. The van der Waals surface area contributed by atoms with E-state index in [2.05, 4.69) is 10.6 Å². The summed E-state index contributed by atoms with van der Waals surface area (Å²) < 4.78 is 0. The van der Waals surface area contributed by atoms with Crippen LogP contribution in [0.5, 0.6) is 0 Å². The van der Waals surface area contributed by atoms with Crippen molar-refractivity contribution in [2.45, 2.75) is 58.4 Å². The Morgan fingerprint density at radius 3 is 2.33 bits per heavy atom. The fourth-order valence-electron chi connectivity index (χ4n) is 3.90. The van der Waals surface area contributed by atoms with Crippen molar-refractivity contribution in [1.29, 1.82) is 0 Å². The number of nitrogens with one attached hydrogen (secondary N) is 2. The van der Waals surface area contributed by atoms with Gasteiger partial charge in [-0.3, -0.25) is 14.4 Å². The lowest BCUT2D eigenvalue weighted by Crippen LogP contribution is -2.36. The Labute approximate surface area is 163 Å². The highest BCUT2D eigenvalue weighted by molar-refractivity contribution is 7.16. The minimum atomic E-state index is -0.961. The normalized spacial score (nSPS) is 22.6. The van der Waals surface area contributed by atoms with E-state index in [0.717, 1.165) is 36.1 Å². The van der Waals surface area contributed by atoms with Gasteiger partial charge in [0.15, 0.2) is 0 Å². The number of aliphatic carboxylic acids is 1. The maximum absolute atomic E-state index is 12.8. The second-order valence-corrected chi connectivity index (χ2v) is 8.65. The van der Waals surface area contributed by atoms with Gasteiger partial charge in [0.25, 0.3) is 5.91 Å². The molecule has 2 aliphatic carbocycles. The second kappa shape index (κ2) is 8.25. The van der Waals surface area contributed by atoms with Crippen molar-refractivity contribution in [3.8, 4) is 0 Å². The predicted molar refractivity (Wildman–Crippen MR) is 105 cm³/mol. The number of thiophene rings is 1. The fourth-order valence-corrected chi connectivity index (χ4v) is 4.96. The van der Waals surface area contributed by atoms with Crippen LogP contribution in [0.25, 0.3) is 0 Å². The standard InChI is InChI=1S/C20H26N2O4S/c1-11-12(2)27-19(16(11)18(24)21-13-7-3-4-8-13)22-17(23)14-9-5-6-10-15(14)20(25)26/h5-6,13-15H,3-4,7-10H2,1-2H3,(H,21,24)(H,22,23)(H,25,26)/t14-,15-/m1/s1. The van der Waals surface area contributed by atoms with E-state index in [-0.39, 0.29) is 17.9 Å². The smallest absolute Gasteiger partial charge is 0.307 e. The Bertz CT molecular complexity index is 777. The molecule has 27 heavy (non-hydrogen) atoms. The lowest BCUT2D eigenvalue weighted by Gasteiger charge is -2.24. The van der Waals surface area contributed by atoms with Gasteiger partial charge in [0.05, 0.1) is 17.4 Å². The van der Waals surface area contributed by atoms with Gasteiger partial charge in [0.2, 0.25) is 5.91 Å². The molecule has 1 fully saturated rings. The van der Waals surface area contributed by atoms with E-state index >= 15 is 0 Å². The molecule has 0 spiro atoms. The van der Waals surface area contributed by atoms with E-state index in [0.29, 0.717) is 23.4 Å². The Morgan fingerprint density at radius 2 is 1.70 bits per heavy atom. The Morgan fingerprint density at radius 1 is 1.07 bits per heavy atom. The minimum Gasteiger partial charge on any atom is -0.481 e. The molecule has 7 heteroatoms. The number of carbonyl (C=O) groups is 3. The van der Waals surface area contributed by atoms with Crippen molar-refractivity contribution in [2.75, 3.05) is 5.32 Å². The number of hydrogen-bond acceptors (Lipinski definition) is 4. The van der Waals surface area contributed by atoms with Crippen LogP contribution in [-0.4, -0.2) is 28.9 Å². The Hall–Kier alpha value is -2.15. The van der Waals surface area contributed by atoms with Crippen LogP contribution in [0, 0.1) is 25.7 Å². The van der Waals surface area contributed by atoms with Gasteiger partial charge in [0.1, 0.15) is 5.00 Å². The van der Waals surface area contributed by atoms with Crippen LogP contribution in [0.4, 0.5) is 5.00 Å². The van der Waals surface area contributed by atoms with Gasteiger partial charge in [-0.25, -0.2) is 0 Å². The first kappa shape index (κ1) is 19.6. The molecule has 0 bridgehead atoms. The summed E-state index contributed by atoms with van der Waals surface area (Å²) in [5, 5.41) is 15.9. The van der Waals surface area contributed by atoms with Gasteiger partial charge in [-0.1, -0.05) is 25.0 Å². The number of carboxylic acids is 1. The van der Waals surface area contributed by atoms with Gasteiger partial charge >= 0.3 is 5.97 Å². The molecular weight excluding hydrogens is 364 g/mol. The quantitative estimate of drug-likeness (QED) is 0.669. The van der Waals surface area contributed by atoms with Crippen molar-refractivity contribution < 1.29 is 19.5 Å². The summed E-state index contributed by atoms with van der Waals surface area (Å²) >= 11 is 1.37. The molecule has 0 unspecified atom stereocenters. The molecule has 3 rings (SSSR count). The van der Waals surface area contributed by atoms with E-state index in [4.69, 9.17) is 0 Å². The molecule has 2 amide bonds. The van der Waals surface area contributed by atoms with Crippen LogP contribution in [0.15, 0.2) is 12.2 Å². The number of rotatable bonds is 5. The highest BCUT2D eigenvalue weighted by Gasteiger charge is 2.35. The average molecular weight is 391 g/mol. The summed E-state index contributed by atoms with van der Waals surface area (Å²) in [7, 11) is 0. The van der Waals surface area contributed by atoms with E-state index in [1.54, 1.807) is 0 Å². The van der Waals surface area contributed by atoms with E-state index in [1.165, 1.54) is 11.3 Å². The summed E-state index contributed by atoms with van der Waals surface area (Å²) in [5.41, 5.74) is 1.38. The summed E-state index contributed by atoms with van der Waals surface area (Å²) in [6.45, 7) is 3.81. The third-order valence-electron chi connectivity index (χ3n) is 5.63. The molecule has 0 aromatic carbocycles. The zero-order chi connectivity index (χ0) is 19.6. The Balaban J connectivity index is 1.79. The van der Waals surface area contributed by atoms with Crippen molar-refractivity contribution in [3.63, 3.8) is 0 Å². The zero-order valence-corrected chi connectivity index (χ0v) is 16.5. The zero-order valence-electron chi connectivity index (χ0n) is 15.7. The topological polar surface area (TPSA) is 95.5 Å². The fraction of sp³-hybridized carbons (Fsp3) is 0.550. The number of carbonyl (C=O) groups excluding carboxylic acids is 2. The van der Waals surface area contributed by atoms with Crippen LogP contribution in [-0.2, 0) is 9.59 Å². The van der Waals surface area contributed by atoms with Crippen LogP contribution in [0.1, 0.15) is 59.3 Å². The van der Waals surface area contributed by atoms with Crippen LogP contribution in [0.3, 0.4) is 0 Å². The molecule has 2 atom stereocenters. The molecule has 1 aromatic heterocycles. The number of carboxylic acid groups (broad SMARTS) is 1. The van der Waals surface area contributed by atoms with Crippen molar-refractivity contribution >= 4 is 34.1 Å². The van der Waals surface area contributed by atoms with Gasteiger partial charge in [-0.15, -0.1) is 11.3 Å². The number of aryl methyl sites for hydroxylation is 1. The molecule has 1 heterocycles. The van der Waals surface area contributed by atoms with Crippen LogP contribution < -0.4 is 10.6 Å². The molecule has 2 aliphatic rings. The first-order valence-electron chi connectivity index (χ1n) is 9.48. The van der Waals surface area contributed by atoms with Crippen molar-refractivity contribution in [1.82, 2.24) is 5.32 Å². The van der Waals surface area contributed by atoms with Crippen LogP contribution >= 0.6 is 11.3 Å².